The molecular formula is C63H42BN5. The van der Waals surface area contributed by atoms with Gasteiger partial charge in [-0.3, -0.25) is 0 Å². The highest BCUT2D eigenvalue weighted by molar-refractivity contribution is 6.98. The molecule has 1 aliphatic heterocycles. The average Bonchev–Trinajstić information content (AvgIpc) is 4.10. The molecule has 0 spiro atoms. The minimum atomic E-state index is -0.127. The van der Waals surface area contributed by atoms with Crippen LogP contribution in [0.1, 0.15) is 0 Å². The van der Waals surface area contributed by atoms with Crippen LogP contribution in [0.4, 0.5) is 17.1 Å². The van der Waals surface area contributed by atoms with Gasteiger partial charge in [-0.15, -0.1) is 0 Å². The van der Waals surface area contributed by atoms with Gasteiger partial charge in [0.25, 0.3) is 0 Å². The van der Waals surface area contributed by atoms with E-state index in [2.05, 4.69) is 274 Å². The summed E-state index contributed by atoms with van der Waals surface area (Å²) in [6, 6.07) is 92.5. The first-order valence-corrected chi connectivity index (χ1v) is 23.7. The van der Waals surface area contributed by atoms with Crippen LogP contribution in [0, 0.1) is 0 Å². The first-order valence-electron chi connectivity index (χ1n) is 23.7. The van der Waals surface area contributed by atoms with Crippen LogP contribution in [0.25, 0.3) is 83.2 Å². The number of nitrogens with zero attached hydrogens (tertiary/aromatic N) is 5. The molecule has 10 aromatic carbocycles. The molecule has 0 fully saturated rings. The van der Waals surface area contributed by atoms with E-state index in [9.17, 15) is 0 Å². The Balaban J connectivity index is 1.12. The standard InChI is InChI=1S/C63H42BN5/c1-5-21-43(22-6-1)61-63(62(44-23-7-2-8-24-44)69(65-61)46-27-11-4-12-28-46)68-59-39-37-47(66-55-33-17-13-29-49(55)50-30-14-18-34-56(50)66)41-53(59)64(45-25-9-3-10-26-45)54-42-48(38-40-60(54)68)67-57-35-19-15-31-51(57)52-32-16-20-36-58(52)67/h1-42H. The second-order valence-electron chi connectivity index (χ2n) is 17.9. The van der Waals surface area contributed by atoms with E-state index in [4.69, 9.17) is 5.10 Å². The van der Waals surface area contributed by atoms with Gasteiger partial charge >= 0.3 is 0 Å². The van der Waals surface area contributed by atoms with Gasteiger partial charge in [-0.25, -0.2) is 4.68 Å². The Morgan fingerprint density at radius 1 is 0.333 bits per heavy atom. The number of hydrogen-bond donors (Lipinski definition) is 0. The van der Waals surface area contributed by atoms with Gasteiger partial charge in [0.05, 0.1) is 33.4 Å². The van der Waals surface area contributed by atoms with Gasteiger partial charge in [-0.1, -0.05) is 187 Å². The van der Waals surface area contributed by atoms with E-state index >= 15 is 0 Å². The third-order valence-electron chi connectivity index (χ3n) is 14.1. The maximum absolute atomic E-state index is 5.65. The molecule has 0 N–H and O–H groups in total. The van der Waals surface area contributed by atoms with Crippen LogP contribution < -0.4 is 21.3 Å². The summed E-state index contributed by atoms with van der Waals surface area (Å²) in [4.78, 5) is 2.52. The van der Waals surface area contributed by atoms with Crippen molar-refractivity contribution < 1.29 is 0 Å². The van der Waals surface area contributed by atoms with E-state index in [1.54, 1.807) is 0 Å². The van der Waals surface area contributed by atoms with Gasteiger partial charge in [0, 0.05) is 55.4 Å². The Morgan fingerprint density at radius 2 is 0.725 bits per heavy atom. The molecule has 5 nitrogen and oxygen atoms in total. The maximum atomic E-state index is 5.65. The highest BCUT2D eigenvalue weighted by Gasteiger charge is 2.39. The van der Waals surface area contributed by atoms with Gasteiger partial charge in [-0.2, -0.15) is 5.10 Å². The maximum Gasteiger partial charge on any atom is 0.246 e. The van der Waals surface area contributed by atoms with Crippen LogP contribution in [0.2, 0.25) is 0 Å². The average molecular weight is 880 g/mol. The fraction of sp³-hybridized carbons (Fsp3) is 0. The van der Waals surface area contributed by atoms with E-state index in [0.29, 0.717) is 0 Å². The van der Waals surface area contributed by atoms with Gasteiger partial charge in [0.1, 0.15) is 11.4 Å². The second kappa shape index (κ2) is 15.8. The minimum absolute atomic E-state index is 0.127. The number of fused-ring (bicyclic) bond motifs is 8. The van der Waals surface area contributed by atoms with Gasteiger partial charge < -0.3 is 14.0 Å². The summed E-state index contributed by atoms with van der Waals surface area (Å²) in [5.74, 6) is 0. The zero-order valence-electron chi connectivity index (χ0n) is 37.6. The third-order valence-corrected chi connectivity index (χ3v) is 14.1. The molecule has 1 aliphatic rings. The second-order valence-corrected chi connectivity index (χ2v) is 17.9. The Labute approximate surface area is 400 Å². The van der Waals surface area contributed by atoms with Gasteiger partial charge in [0.2, 0.25) is 6.71 Å². The zero-order valence-corrected chi connectivity index (χ0v) is 37.6. The Hall–Kier alpha value is -9.13. The molecule has 4 heterocycles. The van der Waals surface area contributed by atoms with Crippen molar-refractivity contribution in [1.29, 1.82) is 0 Å². The predicted octanol–water partition coefficient (Wildman–Crippen LogP) is 13.7. The molecule has 0 saturated carbocycles. The third kappa shape index (κ3) is 6.09. The van der Waals surface area contributed by atoms with Crippen LogP contribution in [0.5, 0.6) is 0 Å². The summed E-state index contributed by atoms with van der Waals surface area (Å²) in [5.41, 5.74) is 18.8. The Bertz CT molecular complexity index is 3810. The van der Waals surface area contributed by atoms with Crippen molar-refractivity contribution in [2.45, 2.75) is 0 Å². The topological polar surface area (TPSA) is 30.9 Å². The molecule has 0 aliphatic carbocycles. The van der Waals surface area contributed by atoms with Crippen LogP contribution in [-0.4, -0.2) is 25.6 Å². The predicted molar refractivity (Wildman–Crippen MR) is 289 cm³/mol. The van der Waals surface area contributed by atoms with Crippen LogP contribution in [0.3, 0.4) is 0 Å². The lowest BCUT2D eigenvalue weighted by Crippen LogP contribution is -2.57. The summed E-state index contributed by atoms with van der Waals surface area (Å²) >= 11 is 0. The molecule has 69 heavy (non-hydrogen) atoms. The Morgan fingerprint density at radius 3 is 1.19 bits per heavy atom. The number of aromatic nitrogens is 4. The molecule has 0 amide bonds. The summed E-state index contributed by atoms with van der Waals surface area (Å²) in [6.45, 7) is -0.127. The molecule has 0 saturated heterocycles. The van der Waals surface area contributed by atoms with Crippen molar-refractivity contribution in [1.82, 2.24) is 18.9 Å². The summed E-state index contributed by atoms with van der Waals surface area (Å²) in [5, 5.41) is 10.6. The molecule has 0 radical (unpaired) electrons. The van der Waals surface area contributed by atoms with E-state index in [1.807, 2.05) is 0 Å². The number of anilines is 3. The van der Waals surface area contributed by atoms with Crippen molar-refractivity contribution in [2.24, 2.45) is 0 Å². The van der Waals surface area contributed by atoms with Gasteiger partial charge in [0.15, 0.2) is 0 Å². The molecule has 14 rings (SSSR count). The normalized spacial score (nSPS) is 12.3. The largest absolute Gasteiger partial charge is 0.309 e. The molecule has 13 aromatic rings. The summed E-state index contributed by atoms with van der Waals surface area (Å²) < 4.78 is 7.04. The van der Waals surface area contributed by atoms with Crippen LogP contribution >= 0.6 is 0 Å². The lowest BCUT2D eigenvalue weighted by Gasteiger charge is -2.38. The van der Waals surface area contributed by atoms with Crippen molar-refractivity contribution in [3.8, 4) is 39.6 Å². The van der Waals surface area contributed by atoms with Crippen molar-refractivity contribution in [3.05, 3.63) is 255 Å². The van der Waals surface area contributed by atoms with E-state index in [0.717, 1.165) is 56.6 Å². The van der Waals surface area contributed by atoms with Crippen LogP contribution in [-0.2, 0) is 0 Å². The number of rotatable bonds is 7. The van der Waals surface area contributed by atoms with E-state index in [1.165, 1.54) is 60.0 Å². The zero-order chi connectivity index (χ0) is 45.4. The minimum Gasteiger partial charge on any atom is -0.309 e. The first-order chi connectivity index (χ1) is 34.3. The fourth-order valence-corrected chi connectivity index (χ4v) is 11.2. The van der Waals surface area contributed by atoms with Crippen LogP contribution in [0.15, 0.2) is 255 Å². The molecule has 0 bridgehead atoms. The highest BCUT2D eigenvalue weighted by atomic mass is 15.3. The highest BCUT2D eigenvalue weighted by Crippen LogP contribution is 2.49. The van der Waals surface area contributed by atoms with E-state index in [-0.39, 0.29) is 6.71 Å². The van der Waals surface area contributed by atoms with Crippen molar-refractivity contribution in [2.75, 3.05) is 4.90 Å². The summed E-state index contributed by atoms with van der Waals surface area (Å²) in [7, 11) is 0. The molecule has 322 valence electrons. The molecular weight excluding hydrogens is 838 g/mol. The lowest BCUT2D eigenvalue weighted by molar-refractivity contribution is 0.892. The SMILES string of the molecule is c1ccc(B2c3cc(-n4c5ccccc5c5ccccc54)ccc3N(c3c(-c4ccccc4)nn(-c4ccccc4)c3-c3ccccc3)c3ccc(-n4c5ccccc5c5ccccc54)cc32)cc1. The number of para-hydroxylation sites is 5. The Kier molecular flexibility index (Phi) is 8.92. The first kappa shape index (κ1) is 39.1. The quantitative estimate of drug-likeness (QED) is 0.149. The number of hydrogen-bond acceptors (Lipinski definition) is 2. The van der Waals surface area contributed by atoms with Crippen molar-refractivity contribution in [3.63, 3.8) is 0 Å². The lowest BCUT2D eigenvalue weighted by atomic mass is 9.35. The van der Waals surface area contributed by atoms with Gasteiger partial charge in [-0.05, 0) is 83.7 Å². The summed E-state index contributed by atoms with van der Waals surface area (Å²) in [6.07, 6.45) is 0. The monoisotopic (exact) mass is 879 g/mol. The molecule has 6 heteroatoms. The molecule has 0 atom stereocenters. The fourth-order valence-electron chi connectivity index (χ4n) is 11.2. The molecule has 3 aromatic heterocycles. The molecule has 0 unspecified atom stereocenters. The van der Waals surface area contributed by atoms with Crippen molar-refractivity contribution >= 4 is 83.8 Å². The smallest absolute Gasteiger partial charge is 0.246 e. The van der Waals surface area contributed by atoms with E-state index < -0.39 is 0 Å². The number of benzene rings is 10.